The second kappa shape index (κ2) is 4.44. The molecule has 0 bridgehead atoms. The van der Waals surface area contributed by atoms with Gasteiger partial charge in [-0.25, -0.2) is 0 Å². The molecule has 3 heteroatoms. The summed E-state index contributed by atoms with van der Waals surface area (Å²) >= 11 is 0. The zero-order valence-corrected chi connectivity index (χ0v) is 6.07. The van der Waals surface area contributed by atoms with E-state index >= 15 is 0 Å². The third kappa shape index (κ3) is 2.96. The van der Waals surface area contributed by atoms with Crippen molar-refractivity contribution in [3.05, 3.63) is 12.7 Å². The van der Waals surface area contributed by atoms with Gasteiger partial charge in [0.15, 0.2) is 0 Å². The SMILES string of the molecule is C=CC[C@@H](O)[C@@H](O)[C@H](C)O. The van der Waals surface area contributed by atoms with E-state index in [1.54, 1.807) is 0 Å². The van der Waals surface area contributed by atoms with Crippen LogP contribution in [0, 0.1) is 0 Å². The first kappa shape index (κ1) is 9.62. The quantitative estimate of drug-likeness (QED) is 0.476. The molecule has 0 aliphatic heterocycles. The van der Waals surface area contributed by atoms with Crippen molar-refractivity contribution < 1.29 is 15.3 Å². The lowest BCUT2D eigenvalue weighted by Crippen LogP contribution is -2.34. The van der Waals surface area contributed by atoms with Crippen LogP contribution in [0.3, 0.4) is 0 Å². The molecule has 0 aliphatic rings. The van der Waals surface area contributed by atoms with Crippen LogP contribution in [0.1, 0.15) is 13.3 Å². The minimum Gasteiger partial charge on any atom is -0.391 e. The zero-order chi connectivity index (χ0) is 8.15. The minimum atomic E-state index is -1.07. The Labute approximate surface area is 60.6 Å². The summed E-state index contributed by atoms with van der Waals surface area (Å²) in [5.41, 5.74) is 0. The van der Waals surface area contributed by atoms with Gasteiger partial charge in [0.25, 0.3) is 0 Å². The Hall–Kier alpha value is -0.380. The van der Waals surface area contributed by atoms with Crippen molar-refractivity contribution >= 4 is 0 Å². The second-order valence-corrected chi connectivity index (χ2v) is 2.32. The maximum Gasteiger partial charge on any atom is 0.106 e. The molecule has 10 heavy (non-hydrogen) atoms. The van der Waals surface area contributed by atoms with Gasteiger partial charge in [-0.15, -0.1) is 6.58 Å². The summed E-state index contributed by atoms with van der Waals surface area (Å²) in [5, 5.41) is 26.8. The zero-order valence-electron chi connectivity index (χ0n) is 6.07. The summed E-state index contributed by atoms with van der Waals surface area (Å²) in [4.78, 5) is 0. The average molecular weight is 146 g/mol. The number of aliphatic hydroxyl groups is 3. The summed E-state index contributed by atoms with van der Waals surface area (Å²) in [6, 6.07) is 0. The van der Waals surface area contributed by atoms with Crippen LogP contribution in [-0.2, 0) is 0 Å². The van der Waals surface area contributed by atoms with Crippen molar-refractivity contribution in [1.29, 1.82) is 0 Å². The van der Waals surface area contributed by atoms with Crippen LogP contribution in [0.2, 0.25) is 0 Å². The molecule has 0 aromatic rings. The van der Waals surface area contributed by atoms with E-state index in [2.05, 4.69) is 6.58 Å². The maximum absolute atomic E-state index is 9.01. The highest BCUT2D eigenvalue weighted by atomic mass is 16.4. The van der Waals surface area contributed by atoms with E-state index in [0.29, 0.717) is 6.42 Å². The maximum atomic E-state index is 9.01. The Kier molecular flexibility index (Phi) is 4.27. The van der Waals surface area contributed by atoms with Crippen molar-refractivity contribution in [2.24, 2.45) is 0 Å². The number of hydrogen-bond donors (Lipinski definition) is 3. The fraction of sp³-hybridized carbons (Fsp3) is 0.714. The first-order valence-electron chi connectivity index (χ1n) is 3.24. The molecule has 0 amide bonds. The van der Waals surface area contributed by atoms with Crippen molar-refractivity contribution in [2.75, 3.05) is 0 Å². The summed E-state index contributed by atoms with van der Waals surface area (Å²) in [6.07, 6.45) is -1.08. The number of aliphatic hydroxyl groups excluding tert-OH is 3. The molecule has 0 spiro atoms. The van der Waals surface area contributed by atoms with Crippen LogP contribution >= 0.6 is 0 Å². The number of rotatable bonds is 4. The molecular weight excluding hydrogens is 132 g/mol. The van der Waals surface area contributed by atoms with E-state index < -0.39 is 18.3 Å². The van der Waals surface area contributed by atoms with Crippen molar-refractivity contribution in [1.82, 2.24) is 0 Å². The normalized spacial score (nSPS) is 19.6. The van der Waals surface area contributed by atoms with Crippen molar-refractivity contribution in [3.8, 4) is 0 Å². The highest BCUT2D eigenvalue weighted by Gasteiger charge is 2.19. The van der Waals surface area contributed by atoms with Gasteiger partial charge in [0.1, 0.15) is 6.10 Å². The summed E-state index contributed by atoms with van der Waals surface area (Å²) in [6.45, 7) is 4.82. The van der Waals surface area contributed by atoms with E-state index in [9.17, 15) is 0 Å². The molecular formula is C7H14O3. The van der Waals surface area contributed by atoms with Crippen LogP contribution in [0.25, 0.3) is 0 Å². The van der Waals surface area contributed by atoms with E-state index in [0.717, 1.165) is 0 Å². The van der Waals surface area contributed by atoms with Gasteiger partial charge in [0, 0.05) is 0 Å². The molecule has 0 saturated carbocycles. The first-order chi connectivity index (χ1) is 4.59. The standard InChI is InChI=1S/C7H14O3/c1-3-4-6(9)7(10)5(2)8/h3,5-10H,1,4H2,2H3/t5-,6+,7-/m0/s1. The van der Waals surface area contributed by atoms with Gasteiger partial charge >= 0.3 is 0 Å². The molecule has 3 nitrogen and oxygen atoms in total. The topological polar surface area (TPSA) is 60.7 Å². The van der Waals surface area contributed by atoms with Gasteiger partial charge in [0.2, 0.25) is 0 Å². The van der Waals surface area contributed by atoms with E-state index in [1.165, 1.54) is 13.0 Å². The molecule has 0 radical (unpaired) electrons. The van der Waals surface area contributed by atoms with Gasteiger partial charge in [-0.05, 0) is 13.3 Å². The fourth-order valence-corrected chi connectivity index (χ4v) is 0.632. The van der Waals surface area contributed by atoms with Crippen LogP contribution in [0.15, 0.2) is 12.7 Å². The van der Waals surface area contributed by atoms with Gasteiger partial charge in [-0.2, -0.15) is 0 Å². The van der Waals surface area contributed by atoms with Crippen molar-refractivity contribution in [3.63, 3.8) is 0 Å². The lowest BCUT2D eigenvalue weighted by Gasteiger charge is -2.18. The number of hydrogen-bond acceptors (Lipinski definition) is 3. The molecule has 3 atom stereocenters. The molecule has 0 saturated heterocycles. The minimum absolute atomic E-state index is 0.298. The van der Waals surface area contributed by atoms with Gasteiger partial charge < -0.3 is 15.3 Å². The van der Waals surface area contributed by atoms with E-state index in [4.69, 9.17) is 15.3 Å². The molecule has 0 aromatic carbocycles. The molecule has 0 aromatic heterocycles. The lowest BCUT2D eigenvalue weighted by atomic mass is 10.1. The Bertz CT molecular complexity index is 101. The Morgan fingerprint density at radius 3 is 2.20 bits per heavy atom. The summed E-state index contributed by atoms with van der Waals surface area (Å²) in [5.74, 6) is 0. The third-order valence-electron chi connectivity index (χ3n) is 1.30. The predicted octanol–water partition coefficient (Wildman–Crippen LogP) is -0.335. The second-order valence-electron chi connectivity index (χ2n) is 2.32. The molecule has 0 rings (SSSR count). The summed E-state index contributed by atoms with van der Waals surface area (Å²) < 4.78 is 0. The van der Waals surface area contributed by atoms with E-state index in [-0.39, 0.29) is 0 Å². The lowest BCUT2D eigenvalue weighted by molar-refractivity contribution is -0.0499. The third-order valence-corrected chi connectivity index (χ3v) is 1.30. The molecule has 0 unspecified atom stereocenters. The van der Waals surface area contributed by atoms with Crippen molar-refractivity contribution in [2.45, 2.75) is 31.7 Å². The Balaban J connectivity index is 3.68. The molecule has 0 heterocycles. The van der Waals surface area contributed by atoms with Crippen LogP contribution in [-0.4, -0.2) is 33.6 Å². The average Bonchev–Trinajstić information content (AvgIpc) is 1.87. The molecule has 0 aliphatic carbocycles. The van der Waals surface area contributed by atoms with Crippen LogP contribution < -0.4 is 0 Å². The highest BCUT2D eigenvalue weighted by Crippen LogP contribution is 2.03. The van der Waals surface area contributed by atoms with E-state index in [1.807, 2.05) is 0 Å². The smallest absolute Gasteiger partial charge is 0.106 e. The summed E-state index contributed by atoms with van der Waals surface area (Å²) in [7, 11) is 0. The van der Waals surface area contributed by atoms with Gasteiger partial charge in [0.05, 0.1) is 12.2 Å². The predicted molar refractivity (Wildman–Crippen MR) is 38.5 cm³/mol. The Morgan fingerprint density at radius 1 is 1.40 bits per heavy atom. The Morgan fingerprint density at radius 2 is 1.90 bits per heavy atom. The van der Waals surface area contributed by atoms with Gasteiger partial charge in [-0.3, -0.25) is 0 Å². The highest BCUT2D eigenvalue weighted by molar-refractivity contribution is 4.79. The van der Waals surface area contributed by atoms with Crippen LogP contribution in [0.4, 0.5) is 0 Å². The fourth-order valence-electron chi connectivity index (χ4n) is 0.632. The molecule has 60 valence electrons. The monoisotopic (exact) mass is 146 g/mol. The first-order valence-corrected chi connectivity index (χ1v) is 3.24. The van der Waals surface area contributed by atoms with Crippen LogP contribution in [0.5, 0.6) is 0 Å². The largest absolute Gasteiger partial charge is 0.391 e. The molecule has 0 fully saturated rings. The molecule has 3 N–H and O–H groups in total. The van der Waals surface area contributed by atoms with Gasteiger partial charge in [-0.1, -0.05) is 6.08 Å².